The summed E-state index contributed by atoms with van der Waals surface area (Å²) in [6.45, 7) is 1.28. The van der Waals surface area contributed by atoms with E-state index in [0.29, 0.717) is 17.9 Å². The van der Waals surface area contributed by atoms with Crippen molar-refractivity contribution in [3.63, 3.8) is 0 Å². The van der Waals surface area contributed by atoms with Crippen LogP contribution in [0, 0.1) is 5.92 Å². The van der Waals surface area contributed by atoms with Crippen molar-refractivity contribution in [3.8, 4) is 22.6 Å². The molecule has 0 bridgehead atoms. The molecule has 7 nitrogen and oxygen atoms in total. The van der Waals surface area contributed by atoms with Crippen molar-refractivity contribution in [2.24, 2.45) is 5.92 Å². The molecule has 0 saturated heterocycles. The predicted octanol–water partition coefficient (Wildman–Crippen LogP) is 4.16. The lowest BCUT2D eigenvalue weighted by molar-refractivity contribution is -0.105. The summed E-state index contributed by atoms with van der Waals surface area (Å²) in [7, 11) is 7.53. The molecule has 2 aromatic heterocycles. The Morgan fingerprint density at radius 3 is 2.43 bits per heavy atom. The van der Waals surface area contributed by atoms with Gasteiger partial charge in [0.1, 0.15) is 23.0 Å². The Morgan fingerprint density at radius 2 is 1.87 bits per heavy atom. The molecule has 0 aliphatic heterocycles. The first-order valence-electron chi connectivity index (χ1n) is 10.1. The highest BCUT2D eigenvalue weighted by molar-refractivity contribution is 5.98. The fourth-order valence-corrected chi connectivity index (χ4v) is 3.32. The van der Waals surface area contributed by atoms with Crippen LogP contribution in [0.3, 0.4) is 0 Å². The molecule has 1 aliphatic rings. The van der Waals surface area contributed by atoms with Crippen LogP contribution >= 0.6 is 0 Å². The average molecular weight is 411 g/mol. The van der Waals surface area contributed by atoms with Gasteiger partial charge in [0.05, 0.1) is 19.8 Å². The number of nitrogens with zero attached hydrogens (tertiary/aromatic N) is 2. The van der Waals surface area contributed by atoms with Gasteiger partial charge in [-0.05, 0) is 57.2 Å². The van der Waals surface area contributed by atoms with Crippen LogP contribution in [0.25, 0.3) is 22.2 Å². The van der Waals surface area contributed by atoms with Gasteiger partial charge in [-0.2, -0.15) is 0 Å². The molecule has 1 fully saturated rings. The number of hydrogen-bond donors (Lipinski definition) is 2. The van der Waals surface area contributed by atoms with Crippen LogP contribution in [0.1, 0.15) is 19.3 Å². The first kappa shape index (κ1) is 21.6. The van der Waals surface area contributed by atoms with Crippen molar-refractivity contribution < 1.29 is 14.3 Å². The van der Waals surface area contributed by atoms with Gasteiger partial charge in [0.15, 0.2) is 0 Å². The standard InChI is InChI=1S/C16H15N3O3.C7H15N/c1-21-12-4-3-5-13(22-2)15(12)11-8-17-16-10(11)6-7-14(19-16)18-9-20;1-8(2)6-5-7-3-4-7/h3-9H,1-2H3,(H2,17,18,19,20);7H,3-6H2,1-2H3. The Kier molecular flexibility index (Phi) is 7.30. The molecule has 1 amide bonds. The third-order valence-electron chi connectivity index (χ3n) is 5.12. The highest BCUT2D eigenvalue weighted by Crippen LogP contribution is 2.41. The van der Waals surface area contributed by atoms with Gasteiger partial charge < -0.3 is 24.7 Å². The minimum atomic E-state index is 0.489. The summed E-state index contributed by atoms with van der Waals surface area (Å²) >= 11 is 0. The van der Waals surface area contributed by atoms with E-state index in [1.807, 2.05) is 30.5 Å². The molecule has 7 heteroatoms. The number of fused-ring (bicyclic) bond motifs is 1. The second kappa shape index (κ2) is 10.1. The molecule has 2 heterocycles. The summed E-state index contributed by atoms with van der Waals surface area (Å²) in [6.07, 6.45) is 6.86. The summed E-state index contributed by atoms with van der Waals surface area (Å²) in [5.41, 5.74) is 2.46. The molecule has 0 radical (unpaired) electrons. The molecular weight excluding hydrogens is 380 g/mol. The zero-order valence-electron chi connectivity index (χ0n) is 18.1. The Labute approximate surface area is 177 Å². The van der Waals surface area contributed by atoms with E-state index >= 15 is 0 Å². The highest BCUT2D eigenvalue weighted by atomic mass is 16.5. The van der Waals surface area contributed by atoms with E-state index in [4.69, 9.17) is 9.47 Å². The van der Waals surface area contributed by atoms with E-state index in [-0.39, 0.29) is 0 Å². The van der Waals surface area contributed by atoms with E-state index < -0.39 is 0 Å². The molecular formula is C23H30N4O3. The van der Waals surface area contributed by atoms with Crippen LogP contribution in [0.15, 0.2) is 36.5 Å². The number of methoxy groups -OCH3 is 2. The van der Waals surface area contributed by atoms with Crippen molar-refractivity contribution in [2.45, 2.75) is 19.3 Å². The summed E-state index contributed by atoms with van der Waals surface area (Å²) in [5.74, 6) is 3.02. The molecule has 160 valence electrons. The first-order chi connectivity index (χ1) is 14.6. The molecule has 1 aromatic carbocycles. The van der Waals surface area contributed by atoms with E-state index in [2.05, 4.69) is 34.3 Å². The smallest absolute Gasteiger partial charge is 0.212 e. The molecule has 0 atom stereocenters. The molecule has 30 heavy (non-hydrogen) atoms. The number of hydrogen-bond acceptors (Lipinski definition) is 5. The Bertz CT molecular complexity index is 955. The SMILES string of the molecule is CN(C)CCC1CC1.COc1cccc(OC)c1-c1c[nH]c2nc(NC=O)ccc12. The number of rotatable bonds is 8. The van der Waals surface area contributed by atoms with Crippen molar-refractivity contribution in [1.82, 2.24) is 14.9 Å². The van der Waals surface area contributed by atoms with Crippen molar-refractivity contribution in [1.29, 1.82) is 0 Å². The van der Waals surface area contributed by atoms with E-state index in [0.717, 1.165) is 33.9 Å². The zero-order chi connectivity index (χ0) is 21.5. The maximum absolute atomic E-state index is 10.5. The van der Waals surface area contributed by atoms with Crippen LogP contribution in [0.2, 0.25) is 0 Å². The number of aromatic nitrogens is 2. The molecule has 4 rings (SSSR count). The lowest BCUT2D eigenvalue weighted by Gasteiger charge is -2.12. The minimum absolute atomic E-state index is 0.489. The van der Waals surface area contributed by atoms with Gasteiger partial charge in [0.2, 0.25) is 6.41 Å². The summed E-state index contributed by atoms with van der Waals surface area (Å²) in [5, 5.41) is 3.45. The topological polar surface area (TPSA) is 79.5 Å². The molecule has 1 aliphatic carbocycles. The normalized spacial score (nSPS) is 13.0. The second-order valence-corrected chi connectivity index (χ2v) is 7.63. The fraction of sp³-hybridized carbons (Fsp3) is 0.391. The Balaban J connectivity index is 0.000000269. The number of aromatic amines is 1. The molecule has 0 unspecified atom stereocenters. The number of carbonyl (C=O) groups is 1. The number of amides is 1. The lowest BCUT2D eigenvalue weighted by atomic mass is 10.0. The number of H-pyrrole nitrogens is 1. The summed E-state index contributed by atoms with van der Waals surface area (Å²) in [4.78, 5) is 20.2. The molecule has 2 N–H and O–H groups in total. The Hall–Kier alpha value is -3.06. The van der Waals surface area contributed by atoms with Gasteiger partial charge in [-0.1, -0.05) is 18.9 Å². The largest absolute Gasteiger partial charge is 0.496 e. The highest BCUT2D eigenvalue weighted by Gasteiger charge is 2.20. The van der Waals surface area contributed by atoms with Crippen molar-refractivity contribution in [3.05, 3.63) is 36.5 Å². The van der Waals surface area contributed by atoms with E-state index in [9.17, 15) is 4.79 Å². The number of pyridine rings is 1. The van der Waals surface area contributed by atoms with Crippen molar-refractivity contribution >= 4 is 23.3 Å². The van der Waals surface area contributed by atoms with Gasteiger partial charge in [-0.25, -0.2) is 4.98 Å². The molecule has 1 saturated carbocycles. The van der Waals surface area contributed by atoms with Crippen LogP contribution in [-0.4, -0.2) is 56.1 Å². The first-order valence-corrected chi connectivity index (χ1v) is 10.1. The van der Waals surface area contributed by atoms with Gasteiger partial charge in [-0.3, -0.25) is 4.79 Å². The average Bonchev–Trinajstić information content (AvgIpc) is 3.50. The van der Waals surface area contributed by atoms with Crippen LogP contribution in [-0.2, 0) is 4.79 Å². The third-order valence-corrected chi connectivity index (χ3v) is 5.12. The Morgan fingerprint density at radius 1 is 1.17 bits per heavy atom. The zero-order valence-corrected chi connectivity index (χ0v) is 18.1. The number of ether oxygens (including phenoxy) is 2. The second-order valence-electron chi connectivity index (χ2n) is 7.63. The number of benzene rings is 1. The van der Waals surface area contributed by atoms with Gasteiger partial charge in [0.25, 0.3) is 0 Å². The monoisotopic (exact) mass is 410 g/mol. The number of carbonyl (C=O) groups excluding carboxylic acids is 1. The maximum Gasteiger partial charge on any atom is 0.212 e. The van der Waals surface area contributed by atoms with Crippen LogP contribution in [0.5, 0.6) is 11.5 Å². The fourth-order valence-electron chi connectivity index (χ4n) is 3.32. The quantitative estimate of drug-likeness (QED) is 0.545. The molecule has 3 aromatic rings. The molecule has 0 spiro atoms. The lowest BCUT2D eigenvalue weighted by Crippen LogP contribution is -2.13. The van der Waals surface area contributed by atoms with Crippen LogP contribution < -0.4 is 14.8 Å². The van der Waals surface area contributed by atoms with Gasteiger partial charge in [-0.15, -0.1) is 0 Å². The van der Waals surface area contributed by atoms with Crippen LogP contribution in [0.4, 0.5) is 5.82 Å². The summed E-state index contributed by atoms with van der Waals surface area (Å²) in [6, 6.07) is 9.28. The number of anilines is 1. The van der Waals surface area contributed by atoms with Crippen molar-refractivity contribution in [2.75, 3.05) is 40.2 Å². The van der Waals surface area contributed by atoms with Gasteiger partial charge in [0, 0.05) is 17.1 Å². The van der Waals surface area contributed by atoms with E-state index in [1.165, 1.54) is 25.8 Å². The minimum Gasteiger partial charge on any atom is -0.496 e. The summed E-state index contributed by atoms with van der Waals surface area (Å²) < 4.78 is 10.9. The van der Waals surface area contributed by atoms with E-state index in [1.54, 1.807) is 20.3 Å². The predicted molar refractivity (Wildman–Crippen MR) is 120 cm³/mol. The maximum atomic E-state index is 10.5. The third kappa shape index (κ3) is 5.30. The van der Waals surface area contributed by atoms with Gasteiger partial charge >= 0.3 is 0 Å². The number of nitrogens with one attached hydrogen (secondary N) is 2.